The monoisotopic (exact) mass is 898 g/mol. The summed E-state index contributed by atoms with van der Waals surface area (Å²) in [6.45, 7) is 8.53. The Labute approximate surface area is 396 Å². The molecule has 0 radical (unpaired) electrons. The van der Waals surface area contributed by atoms with Crippen molar-refractivity contribution in [1.29, 1.82) is 0 Å². The highest BCUT2D eigenvalue weighted by molar-refractivity contribution is 7.27. The van der Waals surface area contributed by atoms with E-state index in [1.54, 1.807) is 0 Å². The van der Waals surface area contributed by atoms with E-state index < -0.39 is 18.3 Å². The zero-order chi connectivity index (χ0) is 44.8. The molecule has 0 spiro atoms. The smallest absolute Gasteiger partial charge is 0.399 e. The van der Waals surface area contributed by atoms with Crippen molar-refractivity contribution < 1.29 is 9.31 Å². The average Bonchev–Trinajstić information content (AvgIpc) is 4.14. The topological polar surface area (TPSA) is 28.3 Å². The van der Waals surface area contributed by atoms with Gasteiger partial charge < -0.3 is 18.4 Å². The van der Waals surface area contributed by atoms with Gasteiger partial charge in [-0.15, -0.1) is 22.7 Å². The molecule has 0 saturated carbocycles. The van der Waals surface area contributed by atoms with Gasteiger partial charge in [0.05, 0.1) is 33.3 Å². The number of hydrogen-bond acceptors (Lipinski definition) is 4. The highest BCUT2D eigenvalue weighted by atomic mass is 32.1. The Balaban J connectivity index is 1.02. The summed E-state index contributed by atoms with van der Waals surface area (Å²) < 4.78 is 23.7. The Bertz CT molecular complexity index is 3910. The quantitative estimate of drug-likeness (QED) is 0.161. The molecule has 0 aliphatic carbocycles. The Kier molecular flexibility index (Phi) is 8.34. The molecule has 0 N–H and O–H groups in total. The van der Waals surface area contributed by atoms with E-state index in [-0.39, 0.29) is 0 Å². The molecule has 1 saturated heterocycles. The number of benzene rings is 9. The maximum absolute atomic E-state index is 6.82. The molecule has 14 rings (SSSR count). The predicted molar refractivity (Wildman–Crippen MR) is 287 cm³/mol. The van der Waals surface area contributed by atoms with Crippen molar-refractivity contribution in [2.24, 2.45) is 0 Å². The number of aromatic nitrogens is 2. The fraction of sp³-hybridized carbons (Fsp3) is 0.100. The molecule has 4 aromatic heterocycles. The summed E-state index contributed by atoms with van der Waals surface area (Å²) in [5, 5.41) is 10.2. The van der Waals surface area contributed by atoms with Crippen molar-refractivity contribution in [3.05, 3.63) is 188 Å². The number of nitrogens with zero attached hydrogens (tertiary/aromatic N) is 2. The third kappa shape index (κ3) is 5.79. The lowest BCUT2D eigenvalue weighted by Crippen LogP contribution is -2.41. The Morgan fingerprint density at radius 2 is 0.791 bits per heavy atom. The molecule has 67 heavy (non-hydrogen) atoms. The van der Waals surface area contributed by atoms with Crippen molar-refractivity contribution in [2.75, 3.05) is 0 Å². The first-order chi connectivity index (χ1) is 32.7. The Morgan fingerprint density at radius 1 is 0.373 bits per heavy atom. The van der Waals surface area contributed by atoms with Crippen LogP contribution >= 0.6 is 22.7 Å². The van der Waals surface area contributed by atoms with E-state index in [4.69, 9.17) is 9.31 Å². The van der Waals surface area contributed by atoms with Gasteiger partial charge in [0.25, 0.3) is 0 Å². The van der Waals surface area contributed by atoms with Gasteiger partial charge in [0.15, 0.2) is 0 Å². The van der Waals surface area contributed by atoms with Gasteiger partial charge in [-0.3, -0.25) is 0 Å². The molecule has 0 atom stereocenters. The van der Waals surface area contributed by atoms with Crippen molar-refractivity contribution in [3.8, 4) is 33.6 Å². The first-order valence-corrected chi connectivity index (χ1v) is 24.7. The van der Waals surface area contributed by atoms with Crippen LogP contribution < -0.4 is 5.46 Å². The molecule has 1 aliphatic heterocycles. The van der Waals surface area contributed by atoms with Crippen LogP contribution in [0.1, 0.15) is 27.7 Å². The zero-order valence-corrected chi connectivity index (χ0v) is 39.1. The van der Waals surface area contributed by atoms with Gasteiger partial charge in [-0.05, 0) is 134 Å². The first kappa shape index (κ1) is 39.2. The van der Waals surface area contributed by atoms with Gasteiger partial charge in [-0.1, -0.05) is 109 Å². The number of rotatable bonds is 5. The van der Waals surface area contributed by atoms with Gasteiger partial charge in [-0.25, -0.2) is 0 Å². The molecule has 0 amide bonds. The Hall–Kier alpha value is -7.00. The zero-order valence-electron chi connectivity index (χ0n) is 37.5. The normalized spacial score (nSPS) is 15.0. The largest absolute Gasteiger partial charge is 0.494 e. The molecular formula is C60H43BN2O2S2. The van der Waals surface area contributed by atoms with Crippen molar-refractivity contribution in [1.82, 2.24) is 9.13 Å². The van der Waals surface area contributed by atoms with Crippen LogP contribution in [0.15, 0.2) is 188 Å². The summed E-state index contributed by atoms with van der Waals surface area (Å²) >= 11 is 3.78. The molecular weight excluding hydrogens is 856 g/mol. The summed E-state index contributed by atoms with van der Waals surface area (Å²) in [4.78, 5) is 0. The molecule has 0 unspecified atom stereocenters. The molecule has 320 valence electrons. The number of para-hydroxylation sites is 2. The third-order valence-electron chi connectivity index (χ3n) is 14.7. The van der Waals surface area contributed by atoms with Crippen LogP contribution in [0.4, 0.5) is 0 Å². The highest BCUT2D eigenvalue weighted by Gasteiger charge is 2.51. The lowest BCUT2D eigenvalue weighted by atomic mass is 9.76. The van der Waals surface area contributed by atoms with Crippen molar-refractivity contribution in [3.63, 3.8) is 0 Å². The van der Waals surface area contributed by atoms with Gasteiger partial charge in [0.2, 0.25) is 0 Å². The standard InChI is InChI=1S/C60H43BN2O2S2/c1-59(2)60(3,4)65-61(64-59)40-32-38(36-23-27-49-47(34-36)55-51(62(49)41-15-7-5-8-16-41)29-25-45-43-19-11-13-21-53(43)66-57(45)55)31-39(33-40)37-24-28-50-48(35-37)56-52(63(50)42-17-9-6-10-18-42)30-26-46-44-20-12-14-22-54(44)67-58(46)56/h5-35H,1-4H3. The van der Waals surface area contributed by atoms with Crippen LogP contribution in [-0.2, 0) is 9.31 Å². The van der Waals surface area contributed by atoms with E-state index in [0.717, 1.165) is 39.1 Å². The summed E-state index contributed by atoms with van der Waals surface area (Å²) in [5.41, 5.74) is 11.6. The number of hydrogen-bond donors (Lipinski definition) is 0. The van der Waals surface area contributed by atoms with E-state index in [9.17, 15) is 0 Å². The lowest BCUT2D eigenvalue weighted by molar-refractivity contribution is 0.00578. The molecule has 4 nitrogen and oxygen atoms in total. The SMILES string of the molecule is CC1(C)OB(c2cc(-c3ccc4c(c3)c3c5sc6ccccc6c5ccc3n4-c3ccccc3)cc(-c3ccc4c(c3)c3c5sc6ccccc6c5ccc3n4-c3ccccc3)c2)OC1(C)C. The summed E-state index contributed by atoms with van der Waals surface area (Å²) in [5.74, 6) is 0. The number of thiophene rings is 2. The average molecular weight is 899 g/mol. The molecule has 1 aliphatic rings. The molecule has 0 bridgehead atoms. The maximum Gasteiger partial charge on any atom is 0.494 e. The van der Waals surface area contributed by atoms with E-state index in [1.807, 2.05) is 22.7 Å². The van der Waals surface area contributed by atoms with E-state index in [1.165, 1.54) is 84.0 Å². The minimum atomic E-state index is -0.535. The molecule has 7 heteroatoms. The third-order valence-corrected chi connectivity index (χ3v) is 17.1. The first-order valence-electron chi connectivity index (χ1n) is 23.1. The van der Waals surface area contributed by atoms with E-state index >= 15 is 0 Å². The fourth-order valence-electron chi connectivity index (χ4n) is 10.7. The van der Waals surface area contributed by atoms with Gasteiger partial charge >= 0.3 is 7.12 Å². The van der Waals surface area contributed by atoms with Gasteiger partial charge in [0.1, 0.15) is 0 Å². The molecule has 1 fully saturated rings. The van der Waals surface area contributed by atoms with Crippen molar-refractivity contribution >= 4 is 119 Å². The number of fused-ring (bicyclic) bond motifs is 14. The predicted octanol–water partition coefficient (Wildman–Crippen LogP) is 16.2. The molecule has 13 aromatic rings. The van der Waals surface area contributed by atoms with Crippen LogP contribution in [0.3, 0.4) is 0 Å². The minimum Gasteiger partial charge on any atom is -0.399 e. The summed E-state index contributed by atoms with van der Waals surface area (Å²) in [6, 6.07) is 69.4. The van der Waals surface area contributed by atoms with Crippen LogP contribution in [0.2, 0.25) is 0 Å². The summed E-state index contributed by atoms with van der Waals surface area (Å²) in [6.07, 6.45) is 0. The fourth-order valence-corrected chi connectivity index (χ4v) is 13.3. The van der Waals surface area contributed by atoms with Gasteiger partial charge in [-0.2, -0.15) is 0 Å². The second-order valence-corrected chi connectivity index (χ2v) is 21.2. The Morgan fingerprint density at radius 3 is 1.25 bits per heavy atom. The van der Waals surface area contributed by atoms with Crippen LogP contribution in [0, 0.1) is 0 Å². The minimum absolute atomic E-state index is 0.491. The van der Waals surface area contributed by atoms with E-state index in [2.05, 4.69) is 225 Å². The van der Waals surface area contributed by atoms with Crippen molar-refractivity contribution in [2.45, 2.75) is 38.9 Å². The van der Waals surface area contributed by atoms with Crippen LogP contribution in [-0.4, -0.2) is 27.5 Å². The van der Waals surface area contributed by atoms with Crippen LogP contribution in [0.5, 0.6) is 0 Å². The lowest BCUT2D eigenvalue weighted by Gasteiger charge is -2.32. The van der Waals surface area contributed by atoms with Crippen LogP contribution in [0.25, 0.3) is 118 Å². The molecule has 5 heterocycles. The van der Waals surface area contributed by atoms with E-state index in [0.29, 0.717) is 0 Å². The summed E-state index contributed by atoms with van der Waals surface area (Å²) in [7, 11) is -0.535. The highest BCUT2D eigenvalue weighted by Crippen LogP contribution is 2.47. The van der Waals surface area contributed by atoms with Gasteiger partial charge in [0, 0.05) is 73.3 Å². The second-order valence-electron chi connectivity index (χ2n) is 19.1. The second kappa shape index (κ2) is 14.3. The molecule has 9 aromatic carbocycles. The maximum atomic E-state index is 6.82.